The van der Waals surface area contributed by atoms with Crippen molar-refractivity contribution in [2.45, 2.75) is 98.5 Å². The molecule has 0 bridgehead atoms. The molecule has 2 aliphatic heterocycles. The Morgan fingerprint density at radius 1 is 1.00 bits per heavy atom. The molecular formula is C33H50N2O3. The van der Waals surface area contributed by atoms with Crippen molar-refractivity contribution in [1.29, 1.82) is 0 Å². The fraction of sp³-hybridized carbons (Fsp3) is 0.606. The zero-order valence-electron chi connectivity index (χ0n) is 25.0. The highest BCUT2D eigenvalue weighted by Gasteiger charge is 2.33. The highest BCUT2D eigenvalue weighted by molar-refractivity contribution is 5.92. The predicted molar refractivity (Wildman–Crippen MR) is 158 cm³/mol. The SMILES string of the molecule is C/C(=C\CC/C(C)=C/CCC1(C)CCc2c(C)c(O)cc(C)c2O1)CC/C=C(\C)C(=O)N1CCN(C)CC1. The molecule has 1 unspecified atom stereocenters. The molecule has 1 aromatic rings. The van der Waals surface area contributed by atoms with Gasteiger partial charge >= 0.3 is 0 Å². The Bertz CT molecular complexity index is 1080. The van der Waals surface area contributed by atoms with Gasteiger partial charge in [0.1, 0.15) is 17.1 Å². The van der Waals surface area contributed by atoms with Crippen LogP contribution in [0.3, 0.4) is 0 Å². The number of hydrogen-bond acceptors (Lipinski definition) is 4. The molecule has 2 heterocycles. The van der Waals surface area contributed by atoms with E-state index < -0.39 is 0 Å². The molecule has 5 nitrogen and oxygen atoms in total. The summed E-state index contributed by atoms with van der Waals surface area (Å²) in [6, 6.07) is 1.82. The van der Waals surface area contributed by atoms with Crippen LogP contribution in [0.15, 0.2) is 41.0 Å². The minimum Gasteiger partial charge on any atom is -0.508 e. The van der Waals surface area contributed by atoms with Crippen LogP contribution in [0.5, 0.6) is 11.5 Å². The summed E-state index contributed by atoms with van der Waals surface area (Å²) in [5.74, 6) is 1.55. The van der Waals surface area contributed by atoms with Gasteiger partial charge in [0.15, 0.2) is 0 Å². The lowest BCUT2D eigenvalue weighted by Gasteiger charge is -2.37. The first-order chi connectivity index (χ1) is 18.0. The van der Waals surface area contributed by atoms with Gasteiger partial charge in [0, 0.05) is 37.3 Å². The second kappa shape index (κ2) is 13.5. The number of ether oxygens (including phenoxy) is 1. The van der Waals surface area contributed by atoms with Crippen molar-refractivity contribution in [3.05, 3.63) is 57.7 Å². The van der Waals surface area contributed by atoms with Crippen LogP contribution < -0.4 is 4.74 Å². The standard InChI is InChI=1S/C33H50N2O3/c1-24(13-9-15-26(3)32(37)35-21-19-34(7)20-22-35)11-8-12-25(2)14-10-17-33(6)18-16-29-28(5)30(36)23-27(4)31(29)38-33/h11,14-15,23,36H,8-10,12-13,16-22H2,1-7H3/b24-11+,25-14+,26-15+. The van der Waals surface area contributed by atoms with Gasteiger partial charge in [-0.2, -0.15) is 0 Å². The number of fused-ring (bicyclic) bond motifs is 1. The first-order valence-electron chi connectivity index (χ1n) is 14.5. The Kier molecular flexibility index (Phi) is 10.7. The normalized spacial score (nSPS) is 21.3. The molecule has 1 N–H and O–H groups in total. The number of piperazine rings is 1. The van der Waals surface area contributed by atoms with Gasteiger partial charge in [0.25, 0.3) is 0 Å². The zero-order valence-corrected chi connectivity index (χ0v) is 25.0. The van der Waals surface area contributed by atoms with E-state index in [9.17, 15) is 9.90 Å². The molecule has 1 amide bonds. The smallest absolute Gasteiger partial charge is 0.249 e. The van der Waals surface area contributed by atoms with E-state index in [1.807, 2.05) is 31.7 Å². The van der Waals surface area contributed by atoms with Gasteiger partial charge in [-0.1, -0.05) is 29.4 Å². The van der Waals surface area contributed by atoms with Crippen LogP contribution in [0, 0.1) is 13.8 Å². The molecule has 38 heavy (non-hydrogen) atoms. The second-order valence-electron chi connectivity index (χ2n) is 11.9. The molecule has 0 radical (unpaired) electrons. The van der Waals surface area contributed by atoms with Crippen LogP contribution in [0.1, 0.15) is 89.3 Å². The molecule has 0 saturated carbocycles. The lowest BCUT2D eigenvalue weighted by atomic mass is 9.86. The number of aromatic hydroxyl groups is 1. The molecule has 0 aliphatic carbocycles. The molecule has 5 heteroatoms. The predicted octanol–water partition coefficient (Wildman–Crippen LogP) is 7.05. The van der Waals surface area contributed by atoms with Crippen molar-refractivity contribution in [2.24, 2.45) is 0 Å². The van der Waals surface area contributed by atoms with Crippen molar-refractivity contribution in [2.75, 3.05) is 33.2 Å². The molecular weight excluding hydrogens is 472 g/mol. The van der Waals surface area contributed by atoms with E-state index in [1.54, 1.807) is 0 Å². The van der Waals surface area contributed by atoms with E-state index in [0.29, 0.717) is 5.75 Å². The third-order valence-electron chi connectivity index (χ3n) is 8.39. The van der Waals surface area contributed by atoms with Gasteiger partial charge in [0.05, 0.1) is 0 Å². The van der Waals surface area contributed by atoms with Crippen LogP contribution in [0.4, 0.5) is 0 Å². The Labute approximate surface area is 231 Å². The number of likely N-dealkylation sites (N-methyl/N-ethyl adjacent to an activating group) is 1. The first kappa shape index (κ1) is 30.0. The average molecular weight is 523 g/mol. The van der Waals surface area contributed by atoms with Crippen LogP contribution in [-0.2, 0) is 11.2 Å². The average Bonchev–Trinajstić information content (AvgIpc) is 2.87. The van der Waals surface area contributed by atoms with E-state index in [1.165, 1.54) is 16.7 Å². The van der Waals surface area contributed by atoms with Crippen molar-refractivity contribution in [3.8, 4) is 11.5 Å². The van der Waals surface area contributed by atoms with Gasteiger partial charge in [-0.05, 0) is 117 Å². The lowest BCUT2D eigenvalue weighted by molar-refractivity contribution is -0.128. The van der Waals surface area contributed by atoms with Gasteiger partial charge in [-0.3, -0.25) is 4.79 Å². The Hall–Kier alpha value is -2.53. The van der Waals surface area contributed by atoms with Crippen molar-refractivity contribution in [3.63, 3.8) is 0 Å². The number of benzene rings is 1. The lowest BCUT2D eigenvalue weighted by Crippen LogP contribution is -2.47. The van der Waals surface area contributed by atoms with Crippen LogP contribution in [0.25, 0.3) is 0 Å². The molecule has 1 aromatic carbocycles. The third kappa shape index (κ3) is 8.23. The summed E-state index contributed by atoms with van der Waals surface area (Å²) in [5, 5.41) is 10.1. The van der Waals surface area contributed by atoms with Crippen LogP contribution in [0.2, 0.25) is 0 Å². The van der Waals surface area contributed by atoms with E-state index in [4.69, 9.17) is 4.74 Å². The molecule has 3 rings (SSSR count). The highest BCUT2D eigenvalue weighted by Crippen LogP contribution is 2.42. The van der Waals surface area contributed by atoms with Crippen molar-refractivity contribution >= 4 is 5.91 Å². The number of rotatable bonds is 10. The number of carbonyl (C=O) groups excluding carboxylic acids is 1. The summed E-state index contributed by atoms with van der Waals surface area (Å²) in [6.45, 7) is 16.2. The number of amides is 1. The molecule has 2 aliphatic rings. The monoisotopic (exact) mass is 522 g/mol. The molecule has 1 saturated heterocycles. The van der Waals surface area contributed by atoms with E-state index in [2.05, 4.69) is 50.9 Å². The number of hydrogen-bond donors (Lipinski definition) is 1. The molecule has 1 fully saturated rings. The third-order valence-corrected chi connectivity index (χ3v) is 8.39. The van der Waals surface area contributed by atoms with Gasteiger partial charge in [-0.15, -0.1) is 0 Å². The molecule has 210 valence electrons. The summed E-state index contributed by atoms with van der Waals surface area (Å²) in [4.78, 5) is 16.9. The quantitative estimate of drug-likeness (QED) is 0.264. The number of phenolic OH excluding ortho intramolecular Hbond substituents is 1. The fourth-order valence-electron chi connectivity index (χ4n) is 5.48. The number of aryl methyl sites for hydroxylation is 1. The van der Waals surface area contributed by atoms with E-state index in [-0.39, 0.29) is 11.5 Å². The number of phenols is 1. The molecule has 0 aromatic heterocycles. The molecule has 0 spiro atoms. The van der Waals surface area contributed by atoms with Gasteiger partial charge in [-0.25, -0.2) is 0 Å². The van der Waals surface area contributed by atoms with Crippen LogP contribution >= 0.6 is 0 Å². The zero-order chi connectivity index (χ0) is 27.9. The van der Waals surface area contributed by atoms with Crippen molar-refractivity contribution in [1.82, 2.24) is 9.80 Å². The van der Waals surface area contributed by atoms with Gasteiger partial charge in [0.2, 0.25) is 5.91 Å². The summed E-state index contributed by atoms with van der Waals surface area (Å²) in [6.07, 6.45) is 14.8. The maximum absolute atomic E-state index is 12.6. The Balaban J connectivity index is 1.39. The minimum absolute atomic E-state index is 0.161. The minimum atomic E-state index is -0.161. The van der Waals surface area contributed by atoms with E-state index in [0.717, 1.165) is 100.0 Å². The van der Waals surface area contributed by atoms with Crippen molar-refractivity contribution < 1.29 is 14.6 Å². The Morgan fingerprint density at radius 3 is 2.26 bits per heavy atom. The highest BCUT2D eigenvalue weighted by atomic mass is 16.5. The summed E-state index contributed by atoms with van der Waals surface area (Å²) < 4.78 is 6.51. The maximum Gasteiger partial charge on any atom is 0.249 e. The summed E-state index contributed by atoms with van der Waals surface area (Å²) in [5.41, 5.74) is 6.69. The largest absolute Gasteiger partial charge is 0.508 e. The Morgan fingerprint density at radius 2 is 1.61 bits per heavy atom. The fourth-order valence-corrected chi connectivity index (χ4v) is 5.48. The summed E-state index contributed by atoms with van der Waals surface area (Å²) >= 11 is 0. The number of allylic oxidation sites excluding steroid dienone is 5. The summed E-state index contributed by atoms with van der Waals surface area (Å²) in [7, 11) is 2.11. The van der Waals surface area contributed by atoms with Gasteiger partial charge < -0.3 is 19.6 Å². The first-order valence-corrected chi connectivity index (χ1v) is 14.5. The van der Waals surface area contributed by atoms with Crippen LogP contribution in [-0.4, -0.2) is 59.6 Å². The molecule has 1 atom stereocenters. The second-order valence-corrected chi connectivity index (χ2v) is 11.9. The number of carbonyl (C=O) groups is 1. The number of nitrogens with zero attached hydrogens (tertiary/aromatic N) is 2. The topological polar surface area (TPSA) is 53.0 Å². The van der Waals surface area contributed by atoms with E-state index >= 15 is 0 Å². The maximum atomic E-state index is 12.6.